The molecule has 2 saturated heterocycles. The molecule has 2 aliphatic rings. The molecule has 3 aromatic rings. The lowest BCUT2D eigenvalue weighted by molar-refractivity contribution is -0.0394. The summed E-state index contributed by atoms with van der Waals surface area (Å²) in [4.78, 5) is 0. The Bertz CT molecular complexity index is 924. The van der Waals surface area contributed by atoms with Crippen LogP contribution >= 0.6 is 0 Å². The van der Waals surface area contributed by atoms with Crippen LogP contribution in [0.4, 0.5) is 0 Å². The summed E-state index contributed by atoms with van der Waals surface area (Å²) in [6.45, 7) is 5.16. The summed E-state index contributed by atoms with van der Waals surface area (Å²) >= 11 is 0. The Hall–Kier alpha value is -2.18. The van der Waals surface area contributed by atoms with E-state index in [1.54, 1.807) is 0 Å². The number of nitrogens with one attached hydrogen (secondary N) is 1. The maximum Gasteiger partial charge on any atom is 0.150 e. The van der Waals surface area contributed by atoms with Gasteiger partial charge in [0, 0.05) is 42.9 Å². The minimum absolute atomic E-state index is 0.0846. The van der Waals surface area contributed by atoms with Crippen LogP contribution in [0, 0.1) is 5.92 Å². The first-order chi connectivity index (χ1) is 13.3. The molecule has 0 radical (unpaired) electrons. The van der Waals surface area contributed by atoms with Gasteiger partial charge in [-0.05, 0) is 56.2 Å². The van der Waals surface area contributed by atoms with E-state index in [0.717, 1.165) is 38.1 Å². The van der Waals surface area contributed by atoms with E-state index in [9.17, 15) is 0 Å². The summed E-state index contributed by atoms with van der Waals surface area (Å²) in [5, 5.41) is 13.9. The molecule has 4 heterocycles. The van der Waals surface area contributed by atoms with Crippen LogP contribution in [0.2, 0.25) is 0 Å². The van der Waals surface area contributed by atoms with Crippen molar-refractivity contribution in [3.63, 3.8) is 0 Å². The predicted octanol–water partition coefficient (Wildman–Crippen LogP) is 3.60. The van der Waals surface area contributed by atoms with Gasteiger partial charge in [-0.3, -0.25) is 4.68 Å². The molecule has 3 atom stereocenters. The van der Waals surface area contributed by atoms with Gasteiger partial charge in [0.25, 0.3) is 0 Å². The van der Waals surface area contributed by atoms with Crippen molar-refractivity contribution >= 4 is 10.9 Å². The van der Waals surface area contributed by atoms with Crippen LogP contribution in [0.1, 0.15) is 38.8 Å². The summed E-state index contributed by atoms with van der Waals surface area (Å²) in [6.07, 6.45) is 10.7. The van der Waals surface area contributed by atoms with Crippen molar-refractivity contribution in [3.8, 4) is 11.1 Å². The van der Waals surface area contributed by atoms with E-state index in [1.165, 1.54) is 29.3 Å². The number of rotatable bonds is 4. The molecule has 2 aliphatic heterocycles. The van der Waals surface area contributed by atoms with Gasteiger partial charge in [0.15, 0.2) is 0 Å². The predicted molar refractivity (Wildman–Crippen MR) is 105 cm³/mol. The molecule has 0 aliphatic carbocycles. The highest BCUT2D eigenvalue weighted by atomic mass is 16.5. The van der Waals surface area contributed by atoms with Gasteiger partial charge in [-0.1, -0.05) is 6.07 Å². The van der Waals surface area contributed by atoms with Gasteiger partial charge in [0.05, 0.1) is 17.9 Å². The number of hydrogen-bond donors (Lipinski definition) is 1. The second-order valence-electron chi connectivity index (χ2n) is 8.04. The maximum atomic E-state index is 5.84. The van der Waals surface area contributed by atoms with Crippen LogP contribution < -0.4 is 5.32 Å². The highest BCUT2D eigenvalue weighted by Gasteiger charge is 2.22. The summed E-state index contributed by atoms with van der Waals surface area (Å²) in [6, 6.07) is 7.21. The highest BCUT2D eigenvalue weighted by molar-refractivity contribution is 5.84. The quantitative estimate of drug-likeness (QED) is 0.768. The first kappa shape index (κ1) is 17.0. The third-order valence-electron chi connectivity index (χ3n) is 5.90. The van der Waals surface area contributed by atoms with Gasteiger partial charge in [-0.25, -0.2) is 4.68 Å². The van der Waals surface area contributed by atoms with Crippen molar-refractivity contribution in [2.75, 3.05) is 13.2 Å². The van der Waals surface area contributed by atoms with Gasteiger partial charge in [-0.2, -0.15) is 10.2 Å². The molecular formula is C21H27N5O. The Morgan fingerprint density at radius 1 is 1.19 bits per heavy atom. The molecule has 2 fully saturated rings. The number of nitrogens with zero attached hydrogens (tertiary/aromatic N) is 4. The number of benzene rings is 1. The van der Waals surface area contributed by atoms with Crippen molar-refractivity contribution in [1.29, 1.82) is 0 Å². The molecule has 0 saturated carbocycles. The van der Waals surface area contributed by atoms with E-state index < -0.39 is 0 Å². The molecule has 1 aromatic carbocycles. The summed E-state index contributed by atoms with van der Waals surface area (Å²) in [7, 11) is 0. The van der Waals surface area contributed by atoms with Crippen molar-refractivity contribution in [2.24, 2.45) is 5.92 Å². The van der Waals surface area contributed by atoms with Crippen LogP contribution in [0.3, 0.4) is 0 Å². The summed E-state index contributed by atoms with van der Waals surface area (Å²) in [5.41, 5.74) is 3.52. The van der Waals surface area contributed by atoms with E-state index in [1.807, 2.05) is 17.1 Å². The SMILES string of the molecule is C[C@H]1CC(Cn2ncc3cc(-c4cnn(C5CCCCO5)c4)ccc32)CN1. The zero-order valence-electron chi connectivity index (χ0n) is 15.8. The van der Waals surface area contributed by atoms with Crippen molar-refractivity contribution in [1.82, 2.24) is 24.9 Å². The average molecular weight is 365 g/mol. The van der Waals surface area contributed by atoms with Gasteiger partial charge in [-0.15, -0.1) is 0 Å². The van der Waals surface area contributed by atoms with Gasteiger partial charge < -0.3 is 10.1 Å². The number of fused-ring (bicyclic) bond motifs is 1. The molecule has 1 N–H and O–H groups in total. The minimum atomic E-state index is 0.0846. The Morgan fingerprint density at radius 2 is 2.15 bits per heavy atom. The Balaban J connectivity index is 1.36. The Labute approximate surface area is 159 Å². The highest BCUT2D eigenvalue weighted by Crippen LogP contribution is 2.28. The first-order valence-corrected chi connectivity index (χ1v) is 10.1. The third kappa shape index (κ3) is 3.39. The summed E-state index contributed by atoms with van der Waals surface area (Å²) < 4.78 is 9.96. The van der Waals surface area contributed by atoms with Crippen LogP contribution in [0.5, 0.6) is 0 Å². The molecule has 2 unspecified atom stereocenters. The Morgan fingerprint density at radius 3 is 2.96 bits per heavy atom. The zero-order chi connectivity index (χ0) is 18.2. The molecule has 2 aromatic heterocycles. The second-order valence-corrected chi connectivity index (χ2v) is 8.04. The third-order valence-corrected chi connectivity index (χ3v) is 5.90. The van der Waals surface area contributed by atoms with Crippen molar-refractivity contribution < 1.29 is 4.74 Å². The molecule has 142 valence electrons. The lowest BCUT2D eigenvalue weighted by atomic mass is 10.1. The van der Waals surface area contributed by atoms with E-state index in [-0.39, 0.29) is 6.23 Å². The van der Waals surface area contributed by atoms with E-state index in [2.05, 4.69) is 51.5 Å². The fourth-order valence-electron chi connectivity index (χ4n) is 4.41. The van der Waals surface area contributed by atoms with Crippen molar-refractivity contribution in [2.45, 2.75) is 51.4 Å². The normalized spacial score (nSPS) is 26.0. The van der Waals surface area contributed by atoms with Crippen LogP contribution in [0.25, 0.3) is 22.0 Å². The topological polar surface area (TPSA) is 56.9 Å². The number of aromatic nitrogens is 4. The van der Waals surface area contributed by atoms with Crippen LogP contribution in [-0.2, 0) is 11.3 Å². The molecule has 5 rings (SSSR count). The fraction of sp³-hybridized carbons (Fsp3) is 0.524. The van der Waals surface area contributed by atoms with Gasteiger partial charge >= 0.3 is 0 Å². The molecule has 6 nitrogen and oxygen atoms in total. The number of hydrogen-bond acceptors (Lipinski definition) is 4. The molecule has 0 bridgehead atoms. The lowest BCUT2D eigenvalue weighted by Crippen LogP contribution is -2.18. The molecule has 0 spiro atoms. The largest absolute Gasteiger partial charge is 0.357 e. The van der Waals surface area contributed by atoms with Crippen LogP contribution in [0.15, 0.2) is 36.8 Å². The van der Waals surface area contributed by atoms with E-state index >= 15 is 0 Å². The molecule has 27 heavy (non-hydrogen) atoms. The molecule has 6 heteroatoms. The minimum Gasteiger partial charge on any atom is -0.357 e. The van der Waals surface area contributed by atoms with Crippen molar-refractivity contribution in [3.05, 3.63) is 36.8 Å². The number of ether oxygens (including phenoxy) is 1. The lowest BCUT2D eigenvalue weighted by Gasteiger charge is -2.22. The zero-order valence-corrected chi connectivity index (χ0v) is 15.8. The maximum absolute atomic E-state index is 5.84. The Kier molecular flexibility index (Phi) is 4.45. The average Bonchev–Trinajstić information content (AvgIpc) is 3.43. The van der Waals surface area contributed by atoms with E-state index in [4.69, 9.17) is 4.74 Å². The fourth-order valence-corrected chi connectivity index (χ4v) is 4.41. The monoisotopic (exact) mass is 365 g/mol. The standard InChI is InChI=1S/C21H27N5O/c1-15-8-16(10-22-15)13-25-20-6-5-17(9-18(20)11-23-25)19-12-24-26(14-19)21-4-2-3-7-27-21/h5-6,9,11-12,14-16,21-22H,2-4,7-8,10,13H2,1H3/t15-,16?,21?/m0/s1. The molecule has 0 amide bonds. The first-order valence-electron chi connectivity index (χ1n) is 10.1. The van der Waals surface area contributed by atoms with E-state index in [0.29, 0.717) is 12.0 Å². The van der Waals surface area contributed by atoms with Crippen LogP contribution in [-0.4, -0.2) is 38.8 Å². The second kappa shape index (κ2) is 7.09. The smallest absolute Gasteiger partial charge is 0.150 e. The van der Waals surface area contributed by atoms with Gasteiger partial charge in [0.2, 0.25) is 0 Å². The molecular weight excluding hydrogens is 338 g/mol. The summed E-state index contributed by atoms with van der Waals surface area (Å²) in [5.74, 6) is 0.663. The van der Waals surface area contributed by atoms with Gasteiger partial charge in [0.1, 0.15) is 6.23 Å².